The van der Waals surface area contributed by atoms with Crippen molar-refractivity contribution in [2.24, 2.45) is 5.92 Å². The molecule has 0 bridgehead atoms. The number of aromatic nitrogens is 1. The Hall–Kier alpha value is -1.84. The number of nitrogens with zero attached hydrogens (tertiary/aromatic N) is 1. The molecule has 2 aliphatic rings. The lowest BCUT2D eigenvalue weighted by molar-refractivity contribution is -0.165. The van der Waals surface area contributed by atoms with E-state index in [-0.39, 0.29) is 5.76 Å². The maximum absolute atomic E-state index is 12.0. The predicted octanol–water partition coefficient (Wildman–Crippen LogP) is 4.46. The summed E-state index contributed by atoms with van der Waals surface area (Å²) in [5.74, 6) is 0.126. The number of rotatable bonds is 6. The number of carbonyl (C=O) groups excluding carboxylic acids is 1. The van der Waals surface area contributed by atoms with E-state index in [1.54, 1.807) is 0 Å². The maximum Gasteiger partial charge on any atom is 0.334 e. The minimum atomic E-state index is -0.547. The van der Waals surface area contributed by atoms with Crippen molar-refractivity contribution in [3.8, 4) is 0 Å². The van der Waals surface area contributed by atoms with Crippen molar-refractivity contribution >= 4 is 5.97 Å². The Morgan fingerprint density at radius 1 is 1.20 bits per heavy atom. The number of aliphatic hydroxyl groups is 1. The van der Waals surface area contributed by atoms with Crippen LogP contribution in [0.3, 0.4) is 0 Å². The second-order valence-corrected chi connectivity index (χ2v) is 7.44. The topological polar surface area (TPSA) is 59.4 Å². The van der Waals surface area contributed by atoms with Gasteiger partial charge in [0.1, 0.15) is 11.4 Å². The van der Waals surface area contributed by atoms with E-state index in [1.807, 2.05) is 0 Å². The van der Waals surface area contributed by atoms with Crippen LogP contribution in [0.5, 0.6) is 0 Å². The first-order valence-electron chi connectivity index (χ1n) is 9.66. The quantitative estimate of drug-likeness (QED) is 0.775. The van der Waals surface area contributed by atoms with Crippen LogP contribution >= 0.6 is 0 Å². The molecule has 0 amide bonds. The summed E-state index contributed by atoms with van der Waals surface area (Å²) in [6, 6.07) is 4.34. The molecule has 1 unspecified atom stereocenters. The van der Waals surface area contributed by atoms with Gasteiger partial charge in [-0.25, -0.2) is 4.79 Å². The van der Waals surface area contributed by atoms with Gasteiger partial charge in [0, 0.05) is 17.8 Å². The number of esters is 1. The first-order chi connectivity index (χ1) is 12.0. The molecule has 4 nitrogen and oxygen atoms in total. The van der Waals surface area contributed by atoms with E-state index >= 15 is 0 Å². The first-order valence-corrected chi connectivity index (χ1v) is 9.66. The highest BCUT2D eigenvalue weighted by molar-refractivity contribution is 5.83. The van der Waals surface area contributed by atoms with Crippen molar-refractivity contribution in [2.75, 3.05) is 0 Å². The number of hydrogen-bond acceptors (Lipinski definition) is 4. The molecule has 1 N–H and O–H groups in total. The van der Waals surface area contributed by atoms with Crippen LogP contribution in [0.25, 0.3) is 0 Å². The molecular formula is C21H29NO3. The zero-order valence-corrected chi connectivity index (χ0v) is 15.4. The Morgan fingerprint density at radius 3 is 2.40 bits per heavy atom. The van der Waals surface area contributed by atoms with Crippen molar-refractivity contribution in [3.63, 3.8) is 0 Å². The molecule has 1 aromatic heterocycles. The lowest BCUT2D eigenvalue weighted by Gasteiger charge is -2.40. The van der Waals surface area contributed by atoms with E-state index in [9.17, 15) is 9.90 Å². The molecule has 0 spiro atoms. The number of carbonyl (C=O) groups is 1. The average molecular weight is 343 g/mol. The van der Waals surface area contributed by atoms with Gasteiger partial charge in [0.25, 0.3) is 0 Å². The van der Waals surface area contributed by atoms with Crippen molar-refractivity contribution in [3.05, 3.63) is 40.9 Å². The summed E-state index contributed by atoms with van der Waals surface area (Å²) in [6.45, 7) is 4.24. The Labute approximate surface area is 150 Å². The van der Waals surface area contributed by atoms with Crippen LogP contribution in [0.15, 0.2) is 24.0 Å². The van der Waals surface area contributed by atoms with E-state index in [0.717, 1.165) is 49.9 Å². The van der Waals surface area contributed by atoms with Gasteiger partial charge in [0.2, 0.25) is 0 Å². The predicted molar refractivity (Wildman–Crippen MR) is 97.4 cm³/mol. The Kier molecular flexibility index (Phi) is 5.45. The van der Waals surface area contributed by atoms with Gasteiger partial charge in [0.05, 0.1) is 6.08 Å². The van der Waals surface area contributed by atoms with E-state index < -0.39 is 11.6 Å². The van der Waals surface area contributed by atoms with Crippen LogP contribution in [0.4, 0.5) is 0 Å². The van der Waals surface area contributed by atoms with E-state index in [4.69, 9.17) is 4.74 Å². The van der Waals surface area contributed by atoms with Gasteiger partial charge in [-0.2, -0.15) is 0 Å². The van der Waals surface area contributed by atoms with Gasteiger partial charge in [-0.15, -0.1) is 0 Å². The number of pyridine rings is 1. The second kappa shape index (κ2) is 7.59. The number of ether oxygens (including phenoxy) is 1. The molecular weight excluding hydrogens is 314 g/mol. The molecule has 3 rings (SSSR count). The molecule has 1 aromatic rings. The molecule has 0 radical (unpaired) electrons. The van der Waals surface area contributed by atoms with Crippen LogP contribution < -0.4 is 0 Å². The summed E-state index contributed by atoms with van der Waals surface area (Å²) in [7, 11) is 0. The summed E-state index contributed by atoms with van der Waals surface area (Å²) in [5.41, 5.74) is 2.94. The van der Waals surface area contributed by atoms with Crippen molar-refractivity contribution in [2.45, 2.75) is 77.2 Å². The number of cyclic esters (lactones) is 1. The molecule has 4 heteroatoms. The number of hydrogen-bond donors (Lipinski definition) is 1. The zero-order valence-electron chi connectivity index (χ0n) is 15.4. The van der Waals surface area contributed by atoms with Crippen LogP contribution in [0, 0.1) is 5.92 Å². The largest absolute Gasteiger partial charge is 0.512 e. The Balaban J connectivity index is 1.82. The molecule has 1 atom stereocenters. The second-order valence-electron chi connectivity index (χ2n) is 7.44. The third kappa shape index (κ3) is 4.05. The summed E-state index contributed by atoms with van der Waals surface area (Å²) >= 11 is 0. The van der Waals surface area contributed by atoms with Crippen LogP contribution in [-0.2, 0) is 28.8 Å². The third-order valence-corrected chi connectivity index (χ3v) is 5.72. The van der Waals surface area contributed by atoms with Crippen molar-refractivity contribution < 1.29 is 14.6 Å². The molecule has 2 heterocycles. The average Bonchev–Trinajstić information content (AvgIpc) is 3.14. The highest BCUT2D eigenvalue weighted by atomic mass is 16.6. The van der Waals surface area contributed by atoms with Gasteiger partial charge in [-0.3, -0.25) is 4.98 Å². The lowest BCUT2D eigenvalue weighted by atomic mass is 9.77. The van der Waals surface area contributed by atoms with Crippen molar-refractivity contribution in [1.82, 2.24) is 4.98 Å². The monoisotopic (exact) mass is 343 g/mol. The van der Waals surface area contributed by atoms with Gasteiger partial charge < -0.3 is 9.84 Å². The highest BCUT2D eigenvalue weighted by Crippen LogP contribution is 2.44. The lowest BCUT2D eigenvalue weighted by Crippen LogP contribution is -2.44. The van der Waals surface area contributed by atoms with E-state index in [2.05, 4.69) is 31.0 Å². The van der Waals surface area contributed by atoms with Crippen LogP contribution in [-0.4, -0.2) is 21.7 Å². The fraction of sp³-hybridized carbons (Fsp3) is 0.619. The molecule has 1 aliphatic carbocycles. The summed E-state index contributed by atoms with van der Waals surface area (Å²) in [4.78, 5) is 16.6. The van der Waals surface area contributed by atoms with E-state index in [1.165, 1.54) is 24.5 Å². The first kappa shape index (κ1) is 18.0. The molecule has 0 saturated heterocycles. The summed E-state index contributed by atoms with van der Waals surface area (Å²) in [5, 5.41) is 10.1. The fourth-order valence-corrected chi connectivity index (χ4v) is 4.36. The van der Waals surface area contributed by atoms with Gasteiger partial charge in [0.15, 0.2) is 0 Å². The Morgan fingerprint density at radius 2 is 1.84 bits per heavy atom. The maximum atomic E-state index is 12.0. The third-order valence-electron chi connectivity index (χ3n) is 5.72. The summed E-state index contributed by atoms with van der Waals surface area (Å²) in [6.07, 6.45) is 9.67. The van der Waals surface area contributed by atoms with Crippen LogP contribution in [0.1, 0.15) is 69.3 Å². The minimum Gasteiger partial charge on any atom is -0.512 e. The molecule has 1 saturated carbocycles. The standard InChI is InChI=1S/C21H29NO3/c1-3-17-11-15(12-18(4-2)22-17)9-10-21(16-7-5-6-8-16)14-19(23)13-20(24)25-21/h11-13,16,23H,3-10,14H2,1-2H3. The molecule has 1 fully saturated rings. The smallest absolute Gasteiger partial charge is 0.334 e. The van der Waals surface area contributed by atoms with E-state index in [0.29, 0.717) is 12.3 Å². The Bertz CT molecular complexity index is 639. The normalized spacial score (nSPS) is 24.2. The van der Waals surface area contributed by atoms with Gasteiger partial charge in [-0.1, -0.05) is 26.7 Å². The SMILES string of the molecule is CCc1cc(CCC2(C3CCCC3)CC(O)=CC(=O)O2)cc(CC)n1. The molecule has 136 valence electrons. The van der Waals surface area contributed by atoms with Crippen LogP contribution in [0.2, 0.25) is 0 Å². The number of aliphatic hydroxyl groups excluding tert-OH is 1. The van der Waals surface area contributed by atoms with Gasteiger partial charge >= 0.3 is 5.97 Å². The highest BCUT2D eigenvalue weighted by Gasteiger charge is 2.45. The zero-order chi connectivity index (χ0) is 17.9. The molecule has 25 heavy (non-hydrogen) atoms. The van der Waals surface area contributed by atoms with Gasteiger partial charge in [-0.05, 0) is 62.1 Å². The molecule has 1 aliphatic heterocycles. The number of aryl methyl sites for hydroxylation is 3. The van der Waals surface area contributed by atoms with Crippen molar-refractivity contribution in [1.29, 1.82) is 0 Å². The minimum absolute atomic E-state index is 0.168. The fourth-order valence-electron chi connectivity index (χ4n) is 4.36. The molecule has 0 aromatic carbocycles. The summed E-state index contributed by atoms with van der Waals surface area (Å²) < 4.78 is 5.87.